The Bertz CT molecular complexity index is 865. The molecule has 0 amide bonds. The second-order valence-corrected chi connectivity index (χ2v) is 6.34. The minimum atomic E-state index is -0.663. The highest BCUT2D eigenvalue weighted by Gasteiger charge is 2.15. The molecule has 140 valence electrons. The minimum Gasteiger partial charge on any atom is -0.491 e. The molecule has 27 heavy (non-hydrogen) atoms. The molecular formula is C22H24N2O3. The Morgan fingerprint density at radius 2 is 1.59 bits per heavy atom. The van der Waals surface area contributed by atoms with Gasteiger partial charge in [0.2, 0.25) is 0 Å². The first-order chi connectivity index (χ1) is 13.2. The van der Waals surface area contributed by atoms with Crippen molar-refractivity contribution in [2.75, 3.05) is 13.2 Å². The lowest BCUT2D eigenvalue weighted by Crippen LogP contribution is -2.36. The number of benzene rings is 2. The van der Waals surface area contributed by atoms with Crippen LogP contribution in [0.1, 0.15) is 11.6 Å². The number of aliphatic hydroxyl groups is 1. The molecule has 0 bridgehead atoms. The highest BCUT2D eigenvalue weighted by molar-refractivity contribution is 5.21. The molecule has 0 aliphatic heterocycles. The number of nitrogens with zero attached hydrogens (tertiary/aromatic N) is 1. The molecule has 0 fully saturated rings. The molecule has 3 rings (SSSR count). The lowest BCUT2D eigenvalue weighted by Gasteiger charge is -2.22. The molecule has 0 saturated carbocycles. The van der Waals surface area contributed by atoms with Gasteiger partial charge < -0.3 is 19.7 Å². The smallest absolute Gasteiger partial charge is 0.250 e. The Morgan fingerprint density at radius 3 is 2.30 bits per heavy atom. The van der Waals surface area contributed by atoms with E-state index < -0.39 is 6.10 Å². The SMILES string of the molecule is O=c1ccccn1CC(NCC(O)COc1ccccc1)c1ccccc1. The quantitative estimate of drug-likeness (QED) is 0.613. The molecule has 0 aliphatic carbocycles. The van der Waals surface area contributed by atoms with Gasteiger partial charge in [-0.15, -0.1) is 0 Å². The standard InChI is InChI=1S/C22H24N2O3/c25-19(17-27-20-11-5-2-6-12-20)15-23-21(18-9-3-1-4-10-18)16-24-14-8-7-13-22(24)26/h1-14,19,21,23,25H,15-17H2. The van der Waals surface area contributed by atoms with Crippen LogP contribution in [0.25, 0.3) is 0 Å². The summed E-state index contributed by atoms with van der Waals surface area (Å²) in [5, 5.41) is 13.6. The van der Waals surface area contributed by atoms with E-state index in [0.717, 1.165) is 11.3 Å². The fourth-order valence-corrected chi connectivity index (χ4v) is 2.83. The van der Waals surface area contributed by atoms with E-state index in [2.05, 4.69) is 5.32 Å². The summed E-state index contributed by atoms with van der Waals surface area (Å²) in [6.07, 6.45) is 1.11. The van der Waals surface area contributed by atoms with Crippen molar-refractivity contribution in [1.82, 2.24) is 9.88 Å². The van der Waals surface area contributed by atoms with Crippen LogP contribution in [0.3, 0.4) is 0 Å². The normalized spacial score (nSPS) is 13.1. The van der Waals surface area contributed by atoms with Crippen molar-refractivity contribution in [3.05, 3.63) is 101 Å². The number of aromatic nitrogens is 1. The van der Waals surface area contributed by atoms with E-state index in [1.54, 1.807) is 22.9 Å². The van der Waals surface area contributed by atoms with Crippen LogP contribution in [0, 0.1) is 0 Å². The second-order valence-electron chi connectivity index (χ2n) is 6.34. The highest BCUT2D eigenvalue weighted by atomic mass is 16.5. The molecule has 5 heteroatoms. The molecule has 0 spiro atoms. The molecule has 0 saturated heterocycles. The third-order valence-corrected chi connectivity index (χ3v) is 4.27. The molecule has 1 heterocycles. The average molecular weight is 364 g/mol. The van der Waals surface area contributed by atoms with Gasteiger partial charge in [0, 0.05) is 25.4 Å². The van der Waals surface area contributed by atoms with Crippen molar-refractivity contribution < 1.29 is 9.84 Å². The zero-order chi connectivity index (χ0) is 18.9. The maximum atomic E-state index is 12.0. The second kappa shape index (κ2) is 9.71. The lowest BCUT2D eigenvalue weighted by atomic mass is 10.1. The monoisotopic (exact) mass is 364 g/mol. The molecule has 5 nitrogen and oxygen atoms in total. The van der Waals surface area contributed by atoms with E-state index >= 15 is 0 Å². The maximum absolute atomic E-state index is 12.0. The van der Waals surface area contributed by atoms with Gasteiger partial charge in [-0.2, -0.15) is 0 Å². The number of hydrogen-bond acceptors (Lipinski definition) is 4. The van der Waals surface area contributed by atoms with Crippen LogP contribution >= 0.6 is 0 Å². The number of rotatable bonds is 9. The van der Waals surface area contributed by atoms with Crippen LogP contribution in [0.15, 0.2) is 89.9 Å². The fraction of sp³-hybridized carbons (Fsp3) is 0.227. The van der Waals surface area contributed by atoms with E-state index in [1.165, 1.54) is 0 Å². The first kappa shape index (κ1) is 18.9. The number of hydrogen-bond donors (Lipinski definition) is 2. The molecule has 2 atom stereocenters. The molecule has 0 aliphatic rings. The summed E-state index contributed by atoms with van der Waals surface area (Å²) in [4.78, 5) is 12.0. The predicted octanol–water partition coefficient (Wildman–Crippen LogP) is 2.62. The average Bonchev–Trinajstić information content (AvgIpc) is 2.72. The van der Waals surface area contributed by atoms with Gasteiger partial charge in [-0.25, -0.2) is 0 Å². The summed E-state index contributed by atoms with van der Waals surface area (Å²) in [7, 11) is 0. The Hall–Kier alpha value is -2.89. The summed E-state index contributed by atoms with van der Waals surface area (Å²) in [5.74, 6) is 0.729. The first-order valence-electron chi connectivity index (χ1n) is 9.02. The van der Waals surface area contributed by atoms with E-state index in [0.29, 0.717) is 13.1 Å². The maximum Gasteiger partial charge on any atom is 0.250 e. The van der Waals surface area contributed by atoms with Crippen LogP contribution in [0.4, 0.5) is 0 Å². The van der Waals surface area contributed by atoms with Gasteiger partial charge in [0.05, 0.1) is 6.04 Å². The van der Waals surface area contributed by atoms with E-state index in [4.69, 9.17) is 4.74 Å². The summed E-state index contributed by atoms with van der Waals surface area (Å²) in [6, 6.07) is 24.3. The number of ether oxygens (including phenoxy) is 1. The molecular weight excluding hydrogens is 340 g/mol. The summed E-state index contributed by atoms with van der Waals surface area (Å²) in [6.45, 7) is 1.04. The van der Waals surface area contributed by atoms with Crippen molar-refractivity contribution in [3.8, 4) is 5.75 Å². The van der Waals surface area contributed by atoms with Crippen molar-refractivity contribution >= 4 is 0 Å². The van der Waals surface area contributed by atoms with Crippen molar-refractivity contribution in [2.45, 2.75) is 18.7 Å². The largest absolute Gasteiger partial charge is 0.491 e. The van der Waals surface area contributed by atoms with Crippen LogP contribution < -0.4 is 15.6 Å². The summed E-state index contributed by atoms with van der Waals surface area (Å²) >= 11 is 0. The zero-order valence-electron chi connectivity index (χ0n) is 15.1. The van der Waals surface area contributed by atoms with E-state index in [1.807, 2.05) is 66.7 Å². The van der Waals surface area contributed by atoms with Crippen LogP contribution in [-0.4, -0.2) is 28.9 Å². The molecule has 2 N–H and O–H groups in total. The Kier molecular flexibility index (Phi) is 6.79. The van der Waals surface area contributed by atoms with Gasteiger partial charge in [0.1, 0.15) is 18.5 Å². The van der Waals surface area contributed by atoms with Crippen molar-refractivity contribution in [1.29, 1.82) is 0 Å². The minimum absolute atomic E-state index is 0.0480. The molecule has 1 aromatic heterocycles. The van der Waals surface area contributed by atoms with Gasteiger partial charge in [-0.3, -0.25) is 4.79 Å². The molecule has 0 radical (unpaired) electrons. The topological polar surface area (TPSA) is 63.5 Å². The van der Waals surface area contributed by atoms with Gasteiger partial charge in [-0.1, -0.05) is 54.6 Å². The van der Waals surface area contributed by atoms with Crippen LogP contribution in [0.5, 0.6) is 5.75 Å². The van der Waals surface area contributed by atoms with Crippen LogP contribution in [-0.2, 0) is 6.54 Å². The van der Waals surface area contributed by atoms with Gasteiger partial charge in [0.25, 0.3) is 5.56 Å². The van der Waals surface area contributed by atoms with E-state index in [-0.39, 0.29) is 18.2 Å². The number of pyridine rings is 1. The third-order valence-electron chi connectivity index (χ3n) is 4.27. The summed E-state index contributed by atoms with van der Waals surface area (Å²) < 4.78 is 7.26. The molecule has 2 aromatic carbocycles. The number of aliphatic hydroxyl groups excluding tert-OH is 1. The number of para-hydroxylation sites is 1. The Morgan fingerprint density at radius 1 is 0.926 bits per heavy atom. The van der Waals surface area contributed by atoms with Gasteiger partial charge in [-0.05, 0) is 23.8 Å². The first-order valence-corrected chi connectivity index (χ1v) is 9.02. The van der Waals surface area contributed by atoms with Gasteiger partial charge >= 0.3 is 0 Å². The fourth-order valence-electron chi connectivity index (χ4n) is 2.83. The zero-order valence-corrected chi connectivity index (χ0v) is 15.1. The van der Waals surface area contributed by atoms with Gasteiger partial charge in [0.15, 0.2) is 0 Å². The molecule has 3 aromatic rings. The number of nitrogens with one attached hydrogen (secondary N) is 1. The Labute approximate surface area is 158 Å². The van der Waals surface area contributed by atoms with Crippen molar-refractivity contribution in [2.24, 2.45) is 0 Å². The lowest BCUT2D eigenvalue weighted by molar-refractivity contribution is 0.103. The van der Waals surface area contributed by atoms with Crippen LogP contribution in [0.2, 0.25) is 0 Å². The molecule has 2 unspecified atom stereocenters. The van der Waals surface area contributed by atoms with E-state index in [9.17, 15) is 9.90 Å². The summed E-state index contributed by atoms with van der Waals surface area (Å²) in [5.41, 5.74) is 1.01. The third kappa shape index (κ3) is 5.81. The predicted molar refractivity (Wildman–Crippen MR) is 106 cm³/mol. The van der Waals surface area contributed by atoms with Crippen molar-refractivity contribution in [3.63, 3.8) is 0 Å². The Balaban J connectivity index is 1.61. The highest BCUT2D eigenvalue weighted by Crippen LogP contribution is 2.14.